The molecule has 1 fully saturated rings. The van der Waals surface area contributed by atoms with E-state index in [0.29, 0.717) is 13.1 Å². The van der Waals surface area contributed by atoms with E-state index in [1.54, 1.807) is 0 Å². The van der Waals surface area contributed by atoms with Gasteiger partial charge in [0.25, 0.3) is 0 Å². The molecule has 4 N–H and O–H groups in total. The molecule has 0 saturated heterocycles. The third-order valence-corrected chi connectivity index (χ3v) is 3.16. The Labute approximate surface area is 108 Å². The molecular formula is C14H21N3O. The largest absolute Gasteiger partial charge is 0.353 e. The first-order valence-corrected chi connectivity index (χ1v) is 6.53. The highest BCUT2D eigenvalue weighted by Gasteiger charge is 2.20. The molecule has 2 rings (SSSR count). The predicted molar refractivity (Wildman–Crippen MR) is 72.0 cm³/mol. The van der Waals surface area contributed by atoms with Crippen LogP contribution in [0.5, 0.6) is 0 Å². The predicted octanol–water partition coefficient (Wildman–Crippen LogP) is 0.802. The summed E-state index contributed by atoms with van der Waals surface area (Å²) in [7, 11) is 0. The summed E-state index contributed by atoms with van der Waals surface area (Å²) in [6, 6.07) is 9.67. The van der Waals surface area contributed by atoms with E-state index < -0.39 is 0 Å². The highest BCUT2D eigenvalue weighted by Crippen LogP contribution is 2.27. The molecule has 1 unspecified atom stereocenters. The van der Waals surface area contributed by atoms with Gasteiger partial charge in [0, 0.05) is 12.6 Å². The van der Waals surface area contributed by atoms with Crippen LogP contribution in [0.25, 0.3) is 0 Å². The summed E-state index contributed by atoms with van der Waals surface area (Å²) >= 11 is 0. The number of hydrogen-bond donors (Lipinski definition) is 3. The summed E-state index contributed by atoms with van der Waals surface area (Å²) in [5.41, 5.74) is 7.04. The standard InChI is InChI=1S/C14H21N3O/c15-13(12-4-2-1-3-5-12)9-17-14(18)10-16-8-11-6-7-11/h1-5,11,13,16H,6-10,15H2,(H,17,18). The Bertz CT molecular complexity index is 376. The Morgan fingerprint density at radius 2 is 2.06 bits per heavy atom. The maximum Gasteiger partial charge on any atom is 0.234 e. The molecule has 1 saturated carbocycles. The molecule has 0 bridgehead atoms. The van der Waals surface area contributed by atoms with Crippen LogP contribution in [-0.4, -0.2) is 25.5 Å². The van der Waals surface area contributed by atoms with Crippen molar-refractivity contribution in [3.05, 3.63) is 35.9 Å². The lowest BCUT2D eigenvalue weighted by Gasteiger charge is -2.13. The van der Waals surface area contributed by atoms with Crippen LogP contribution in [0.1, 0.15) is 24.4 Å². The second-order valence-electron chi connectivity index (χ2n) is 4.90. The molecule has 4 heteroatoms. The summed E-state index contributed by atoms with van der Waals surface area (Å²) in [4.78, 5) is 11.6. The first-order chi connectivity index (χ1) is 8.75. The van der Waals surface area contributed by atoms with Gasteiger partial charge in [0.15, 0.2) is 0 Å². The molecule has 18 heavy (non-hydrogen) atoms. The Morgan fingerprint density at radius 1 is 1.33 bits per heavy atom. The van der Waals surface area contributed by atoms with Gasteiger partial charge in [0.05, 0.1) is 6.54 Å². The molecule has 1 aliphatic carbocycles. The first kappa shape index (κ1) is 13.1. The summed E-state index contributed by atoms with van der Waals surface area (Å²) < 4.78 is 0. The minimum absolute atomic E-state index is 0.0158. The summed E-state index contributed by atoms with van der Waals surface area (Å²) in [6.45, 7) is 1.82. The third-order valence-electron chi connectivity index (χ3n) is 3.16. The van der Waals surface area contributed by atoms with Gasteiger partial charge in [0.1, 0.15) is 0 Å². The number of benzene rings is 1. The molecule has 4 nitrogen and oxygen atoms in total. The maximum atomic E-state index is 11.6. The fourth-order valence-electron chi connectivity index (χ4n) is 1.82. The zero-order chi connectivity index (χ0) is 12.8. The van der Waals surface area contributed by atoms with Gasteiger partial charge in [-0.2, -0.15) is 0 Å². The van der Waals surface area contributed by atoms with Crippen LogP contribution in [0.4, 0.5) is 0 Å². The number of amides is 1. The van der Waals surface area contributed by atoms with Gasteiger partial charge in [0.2, 0.25) is 5.91 Å². The minimum Gasteiger partial charge on any atom is -0.353 e. The maximum absolute atomic E-state index is 11.6. The van der Waals surface area contributed by atoms with E-state index >= 15 is 0 Å². The van der Waals surface area contributed by atoms with Crippen LogP contribution < -0.4 is 16.4 Å². The Balaban J connectivity index is 1.62. The molecule has 98 valence electrons. The van der Waals surface area contributed by atoms with Crippen molar-refractivity contribution < 1.29 is 4.79 Å². The van der Waals surface area contributed by atoms with Crippen LogP contribution in [0, 0.1) is 5.92 Å². The Kier molecular flexibility index (Phi) is 4.73. The highest BCUT2D eigenvalue weighted by molar-refractivity contribution is 5.78. The fourth-order valence-corrected chi connectivity index (χ4v) is 1.82. The highest BCUT2D eigenvalue weighted by atomic mass is 16.1. The second-order valence-corrected chi connectivity index (χ2v) is 4.90. The zero-order valence-electron chi connectivity index (χ0n) is 10.6. The van der Waals surface area contributed by atoms with E-state index in [-0.39, 0.29) is 11.9 Å². The van der Waals surface area contributed by atoms with Crippen LogP contribution in [0.3, 0.4) is 0 Å². The van der Waals surface area contributed by atoms with E-state index in [1.165, 1.54) is 12.8 Å². The SMILES string of the molecule is NC(CNC(=O)CNCC1CC1)c1ccccc1. The second kappa shape index (κ2) is 6.52. The third kappa shape index (κ3) is 4.47. The molecule has 1 aromatic rings. The van der Waals surface area contributed by atoms with Crippen LogP contribution in [-0.2, 0) is 4.79 Å². The number of carbonyl (C=O) groups excluding carboxylic acids is 1. The lowest BCUT2D eigenvalue weighted by Crippen LogP contribution is -2.38. The zero-order valence-corrected chi connectivity index (χ0v) is 10.6. The number of rotatable bonds is 7. The van der Waals surface area contributed by atoms with Gasteiger partial charge in [-0.05, 0) is 30.9 Å². The molecule has 1 aliphatic rings. The molecule has 1 atom stereocenters. The van der Waals surface area contributed by atoms with Gasteiger partial charge in [-0.3, -0.25) is 4.79 Å². The molecule has 0 radical (unpaired) electrons. The van der Waals surface area contributed by atoms with Crippen molar-refractivity contribution in [2.24, 2.45) is 11.7 Å². The fraction of sp³-hybridized carbons (Fsp3) is 0.500. The summed E-state index contributed by atoms with van der Waals surface area (Å²) in [6.07, 6.45) is 2.60. The molecular weight excluding hydrogens is 226 g/mol. The van der Waals surface area contributed by atoms with E-state index in [9.17, 15) is 4.79 Å². The number of carbonyl (C=O) groups is 1. The number of nitrogens with two attached hydrogens (primary N) is 1. The topological polar surface area (TPSA) is 67.1 Å². The van der Waals surface area contributed by atoms with E-state index in [4.69, 9.17) is 5.73 Å². The van der Waals surface area contributed by atoms with Crippen molar-refractivity contribution in [2.75, 3.05) is 19.6 Å². The van der Waals surface area contributed by atoms with Crippen LogP contribution in [0.15, 0.2) is 30.3 Å². The molecule has 0 heterocycles. The summed E-state index contributed by atoms with van der Waals surface area (Å²) in [5, 5.41) is 6.01. The van der Waals surface area contributed by atoms with Crippen molar-refractivity contribution >= 4 is 5.91 Å². The smallest absolute Gasteiger partial charge is 0.234 e. The van der Waals surface area contributed by atoms with E-state index in [1.807, 2.05) is 30.3 Å². The van der Waals surface area contributed by atoms with Crippen molar-refractivity contribution in [1.82, 2.24) is 10.6 Å². The van der Waals surface area contributed by atoms with Crippen molar-refractivity contribution in [3.63, 3.8) is 0 Å². The van der Waals surface area contributed by atoms with Gasteiger partial charge in [-0.15, -0.1) is 0 Å². The van der Waals surface area contributed by atoms with Gasteiger partial charge in [-0.1, -0.05) is 30.3 Å². The lowest BCUT2D eigenvalue weighted by atomic mass is 10.1. The Hall–Kier alpha value is -1.39. The first-order valence-electron chi connectivity index (χ1n) is 6.53. The van der Waals surface area contributed by atoms with E-state index in [2.05, 4.69) is 10.6 Å². The van der Waals surface area contributed by atoms with Crippen molar-refractivity contribution in [3.8, 4) is 0 Å². The monoisotopic (exact) mass is 247 g/mol. The molecule has 0 aliphatic heterocycles. The molecule has 0 spiro atoms. The van der Waals surface area contributed by atoms with Gasteiger partial charge in [-0.25, -0.2) is 0 Å². The van der Waals surface area contributed by atoms with E-state index in [0.717, 1.165) is 18.0 Å². The minimum atomic E-state index is -0.140. The van der Waals surface area contributed by atoms with Crippen LogP contribution in [0.2, 0.25) is 0 Å². The Morgan fingerprint density at radius 3 is 2.72 bits per heavy atom. The molecule has 1 aromatic carbocycles. The van der Waals surface area contributed by atoms with Gasteiger partial charge < -0.3 is 16.4 Å². The molecule has 0 aromatic heterocycles. The molecule has 1 amide bonds. The number of nitrogens with one attached hydrogen (secondary N) is 2. The van der Waals surface area contributed by atoms with Gasteiger partial charge >= 0.3 is 0 Å². The average Bonchev–Trinajstić information content (AvgIpc) is 3.21. The lowest BCUT2D eigenvalue weighted by molar-refractivity contribution is -0.120. The van der Waals surface area contributed by atoms with Crippen molar-refractivity contribution in [2.45, 2.75) is 18.9 Å². The quantitative estimate of drug-likeness (QED) is 0.667. The number of hydrogen-bond acceptors (Lipinski definition) is 3. The van der Waals surface area contributed by atoms with Crippen LogP contribution >= 0.6 is 0 Å². The summed E-state index contributed by atoms with van der Waals surface area (Å²) in [5.74, 6) is 0.811. The average molecular weight is 247 g/mol. The van der Waals surface area contributed by atoms with Crippen molar-refractivity contribution in [1.29, 1.82) is 0 Å². The normalized spacial score (nSPS) is 16.3.